The van der Waals surface area contributed by atoms with Gasteiger partial charge in [0.2, 0.25) is 5.96 Å². The van der Waals surface area contributed by atoms with Crippen molar-refractivity contribution in [1.29, 1.82) is 0 Å². The highest BCUT2D eigenvalue weighted by Gasteiger charge is 2.27. The summed E-state index contributed by atoms with van der Waals surface area (Å²) in [4.78, 5) is 6.89. The number of ether oxygens (including phenoxy) is 1. The third-order valence-electron chi connectivity index (χ3n) is 4.29. The van der Waals surface area contributed by atoms with Crippen LogP contribution in [0.15, 0.2) is 4.99 Å². The molecule has 1 fully saturated rings. The van der Waals surface area contributed by atoms with Crippen LogP contribution in [0.3, 0.4) is 0 Å². The molecule has 0 saturated carbocycles. The number of likely N-dealkylation sites (tertiary alicyclic amines) is 1. The largest absolute Gasteiger partial charge is 0.382 e. The van der Waals surface area contributed by atoms with Crippen molar-refractivity contribution in [2.75, 3.05) is 32.8 Å². The van der Waals surface area contributed by atoms with Crippen LogP contribution in [0.25, 0.3) is 0 Å². The number of nitrogens with one attached hydrogen (secondary N) is 1. The van der Waals surface area contributed by atoms with E-state index in [-0.39, 0.29) is 0 Å². The highest BCUT2D eigenvalue weighted by molar-refractivity contribution is 5.79. The molecule has 3 N–H and O–H groups in total. The number of hydrogen-bond donors (Lipinski definition) is 2. The average Bonchev–Trinajstić information content (AvgIpc) is 2.68. The van der Waals surface area contributed by atoms with E-state index in [1.54, 1.807) is 0 Å². The van der Waals surface area contributed by atoms with E-state index in [1.165, 1.54) is 19.3 Å². The molecular weight excluding hydrogens is 264 g/mol. The van der Waals surface area contributed by atoms with Gasteiger partial charge in [0.15, 0.2) is 0 Å². The van der Waals surface area contributed by atoms with E-state index >= 15 is 0 Å². The summed E-state index contributed by atoms with van der Waals surface area (Å²) in [6.07, 6.45) is 4.66. The van der Waals surface area contributed by atoms with Crippen molar-refractivity contribution in [3.05, 3.63) is 0 Å². The lowest BCUT2D eigenvalue weighted by Gasteiger charge is -2.30. The zero-order valence-electron chi connectivity index (χ0n) is 14.3. The van der Waals surface area contributed by atoms with Gasteiger partial charge in [-0.1, -0.05) is 20.8 Å². The van der Waals surface area contributed by atoms with Crippen molar-refractivity contribution in [1.82, 2.24) is 10.3 Å². The Morgan fingerprint density at radius 3 is 2.71 bits per heavy atom. The van der Waals surface area contributed by atoms with Crippen molar-refractivity contribution >= 4 is 5.96 Å². The first-order valence-electron chi connectivity index (χ1n) is 8.32. The van der Waals surface area contributed by atoms with Crippen molar-refractivity contribution in [3.8, 4) is 0 Å². The maximum atomic E-state index is 5.66. The van der Waals surface area contributed by atoms with Gasteiger partial charge in [-0.05, 0) is 43.9 Å². The van der Waals surface area contributed by atoms with Gasteiger partial charge in [-0.2, -0.15) is 0 Å². The van der Waals surface area contributed by atoms with Crippen LogP contribution in [0.5, 0.6) is 0 Å². The number of rotatable bonds is 5. The van der Waals surface area contributed by atoms with E-state index in [2.05, 4.69) is 36.1 Å². The Morgan fingerprint density at radius 1 is 1.33 bits per heavy atom. The molecule has 0 aromatic heterocycles. The van der Waals surface area contributed by atoms with E-state index in [4.69, 9.17) is 10.6 Å². The second-order valence-corrected chi connectivity index (χ2v) is 6.88. The van der Waals surface area contributed by atoms with E-state index in [0.29, 0.717) is 5.41 Å². The highest BCUT2D eigenvalue weighted by Crippen LogP contribution is 2.34. The quantitative estimate of drug-likeness (QED) is 0.269. The topological polar surface area (TPSA) is 62.9 Å². The number of nitrogens with zero attached hydrogens (tertiary/aromatic N) is 2. The summed E-state index contributed by atoms with van der Waals surface area (Å²) in [5, 5.41) is 0. The van der Waals surface area contributed by atoms with Crippen molar-refractivity contribution in [3.63, 3.8) is 0 Å². The molecule has 0 amide bonds. The fourth-order valence-electron chi connectivity index (χ4n) is 2.91. The monoisotopic (exact) mass is 298 g/mol. The smallest absolute Gasteiger partial charge is 0.208 e. The Bertz CT molecular complexity index is 312. The zero-order chi connectivity index (χ0) is 15.7. The molecule has 1 saturated heterocycles. The first kappa shape index (κ1) is 18.2. The van der Waals surface area contributed by atoms with Crippen LogP contribution >= 0.6 is 0 Å². The van der Waals surface area contributed by atoms with Gasteiger partial charge in [0.1, 0.15) is 0 Å². The van der Waals surface area contributed by atoms with Crippen LogP contribution in [0.1, 0.15) is 53.4 Å². The Hall–Kier alpha value is -0.810. The molecule has 0 bridgehead atoms. The molecule has 1 unspecified atom stereocenters. The van der Waals surface area contributed by atoms with Gasteiger partial charge in [0.25, 0.3) is 0 Å². The summed E-state index contributed by atoms with van der Waals surface area (Å²) in [5.41, 5.74) is 3.17. The minimum absolute atomic E-state index is 0.390. The zero-order valence-corrected chi connectivity index (χ0v) is 14.3. The van der Waals surface area contributed by atoms with Gasteiger partial charge < -0.3 is 9.64 Å². The SMILES string of the molecule is CCOCCCN=C(NN)N1CCCC(C(C)(C)C)CC1. The van der Waals surface area contributed by atoms with Crippen LogP contribution < -0.4 is 11.3 Å². The number of guanidine groups is 1. The third-order valence-corrected chi connectivity index (χ3v) is 4.29. The van der Waals surface area contributed by atoms with Crippen LogP contribution in [0, 0.1) is 11.3 Å². The molecule has 124 valence electrons. The lowest BCUT2D eigenvalue weighted by Crippen LogP contribution is -2.45. The first-order chi connectivity index (χ1) is 9.99. The van der Waals surface area contributed by atoms with E-state index in [0.717, 1.165) is 51.1 Å². The molecule has 1 heterocycles. The summed E-state index contributed by atoms with van der Waals surface area (Å²) >= 11 is 0. The molecule has 1 rings (SSSR count). The minimum Gasteiger partial charge on any atom is -0.382 e. The van der Waals surface area contributed by atoms with Gasteiger partial charge in [-0.3, -0.25) is 10.4 Å². The second-order valence-electron chi connectivity index (χ2n) is 6.88. The van der Waals surface area contributed by atoms with E-state index in [1.807, 2.05) is 6.92 Å². The fourth-order valence-corrected chi connectivity index (χ4v) is 2.91. The van der Waals surface area contributed by atoms with Crippen LogP contribution in [0.2, 0.25) is 0 Å². The predicted molar refractivity (Wildman–Crippen MR) is 89.1 cm³/mol. The van der Waals surface area contributed by atoms with Gasteiger partial charge in [0.05, 0.1) is 0 Å². The van der Waals surface area contributed by atoms with Crippen molar-refractivity contribution < 1.29 is 4.74 Å². The lowest BCUT2D eigenvalue weighted by molar-refractivity contribution is 0.146. The number of nitrogens with two attached hydrogens (primary N) is 1. The van der Waals surface area contributed by atoms with Gasteiger partial charge >= 0.3 is 0 Å². The molecule has 5 heteroatoms. The van der Waals surface area contributed by atoms with Crippen LogP contribution in [-0.2, 0) is 4.74 Å². The maximum absolute atomic E-state index is 5.66. The summed E-state index contributed by atoms with van der Waals surface area (Å²) in [5.74, 6) is 7.27. The lowest BCUT2D eigenvalue weighted by atomic mass is 9.77. The summed E-state index contributed by atoms with van der Waals surface area (Å²) in [6.45, 7) is 13.4. The van der Waals surface area contributed by atoms with E-state index in [9.17, 15) is 0 Å². The fraction of sp³-hybridized carbons (Fsp3) is 0.938. The van der Waals surface area contributed by atoms with Crippen molar-refractivity contribution in [2.45, 2.75) is 53.4 Å². The van der Waals surface area contributed by atoms with E-state index < -0.39 is 0 Å². The maximum Gasteiger partial charge on any atom is 0.208 e. The van der Waals surface area contributed by atoms with Gasteiger partial charge in [-0.15, -0.1) is 0 Å². The summed E-state index contributed by atoms with van der Waals surface area (Å²) < 4.78 is 5.33. The second kappa shape index (κ2) is 9.26. The molecule has 0 aromatic rings. The minimum atomic E-state index is 0.390. The Labute approximate surface area is 130 Å². The van der Waals surface area contributed by atoms with Gasteiger partial charge in [0, 0.05) is 32.8 Å². The number of hydrazine groups is 1. The Balaban J connectivity index is 2.47. The van der Waals surface area contributed by atoms with Crippen molar-refractivity contribution in [2.24, 2.45) is 22.2 Å². The molecule has 0 aromatic carbocycles. The molecule has 0 aliphatic carbocycles. The molecular formula is C16H34N4O. The molecule has 1 atom stereocenters. The highest BCUT2D eigenvalue weighted by atomic mass is 16.5. The summed E-state index contributed by atoms with van der Waals surface area (Å²) in [7, 11) is 0. The third kappa shape index (κ3) is 6.66. The normalized spacial score (nSPS) is 21.3. The standard InChI is InChI=1S/C16H34N4O/c1-5-21-13-7-10-18-15(19-17)20-11-6-8-14(9-12-20)16(2,3)4/h14H,5-13,17H2,1-4H3,(H,18,19). The van der Waals surface area contributed by atoms with Crippen LogP contribution in [0.4, 0.5) is 0 Å². The Kier molecular flexibility index (Phi) is 8.04. The predicted octanol–water partition coefficient (Wildman–Crippen LogP) is 2.38. The first-order valence-corrected chi connectivity index (χ1v) is 8.32. The molecule has 21 heavy (non-hydrogen) atoms. The molecule has 1 aliphatic heterocycles. The number of hydrogen-bond acceptors (Lipinski definition) is 3. The molecule has 0 spiro atoms. The molecule has 1 aliphatic rings. The van der Waals surface area contributed by atoms with Gasteiger partial charge in [-0.25, -0.2) is 5.84 Å². The Morgan fingerprint density at radius 2 is 2.10 bits per heavy atom. The summed E-state index contributed by atoms with van der Waals surface area (Å²) in [6, 6.07) is 0. The molecule has 5 nitrogen and oxygen atoms in total. The number of aliphatic imine (C=N–C) groups is 1. The average molecular weight is 298 g/mol. The molecule has 0 radical (unpaired) electrons. The van der Waals surface area contributed by atoms with Crippen LogP contribution in [-0.4, -0.2) is 43.7 Å².